The van der Waals surface area contributed by atoms with Crippen LogP contribution in [0.4, 0.5) is 0 Å². The van der Waals surface area contributed by atoms with Crippen LogP contribution in [0, 0.1) is 0 Å². The van der Waals surface area contributed by atoms with Crippen LogP contribution in [-0.4, -0.2) is 12.7 Å². The van der Waals surface area contributed by atoms with Crippen LogP contribution >= 0.6 is 0 Å². The lowest BCUT2D eigenvalue weighted by Crippen LogP contribution is -2.47. The minimum Gasteiger partial charge on any atom is -0.459 e. The molecule has 0 amide bonds. The monoisotopic (exact) mass is 288 g/mol. The first-order valence-electron chi connectivity index (χ1n) is 7.79. The summed E-state index contributed by atoms with van der Waals surface area (Å²) >= 11 is 0. The van der Waals surface area contributed by atoms with Crippen LogP contribution < -0.4 is 11.3 Å². The molecular formula is C17H24N2O2. The zero-order chi connectivity index (χ0) is 14.7. The summed E-state index contributed by atoms with van der Waals surface area (Å²) in [7, 11) is 1.79. The molecule has 4 nitrogen and oxygen atoms in total. The number of methoxy groups -OCH3 is 1. The van der Waals surface area contributed by atoms with E-state index in [0.29, 0.717) is 0 Å². The number of hydrogen-bond acceptors (Lipinski definition) is 4. The van der Waals surface area contributed by atoms with Crippen molar-refractivity contribution in [3.63, 3.8) is 0 Å². The van der Waals surface area contributed by atoms with Gasteiger partial charge in [0.25, 0.3) is 0 Å². The number of nitrogens with one attached hydrogen (secondary N) is 1. The van der Waals surface area contributed by atoms with Crippen molar-refractivity contribution in [3.8, 4) is 0 Å². The summed E-state index contributed by atoms with van der Waals surface area (Å²) in [5, 5.41) is 1.10. The molecule has 0 saturated heterocycles. The molecule has 114 valence electrons. The van der Waals surface area contributed by atoms with E-state index in [0.717, 1.165) is 29.6 Å². The molecule has 1 aromatic carbocycles. The van der Waals surface area contributed by atoms with E-state index in [1.807, 2.05) is 18.2 Å². The molecule has 1 fully saturated rings. The molecule has 1 atom stereocenters. The van der Waals surface area contributed by atoms with Crippen LogP contribution in [0.2, 0.25) is 0 Å². The van der Waals surface area contributed by atoms with Crippen molar-refractivity contribution in [1.82, 2.24) is 5.43 Å². The largest absolute Gasteiger partial charge is 0.459 e. The van der Waals surface area contributed by atoms with E-state index >= 15 is 0 Å². The molecule has 1 aliphatic carbocycles. The van der Waals surface area contributed by atoms with Gasteiger partial charge < -0.3 is 9.15 Å². The van der Waals surface area contributed by atoms with Crippen molar-refractivity contribution < 1.29 is 9.15 Å². The molecule has 0 spiro atoms. The zero-order valence-electron chi connectivity index (χ0n) is 12.6. The summed E-state index contributed by atoms with van der Waals surface area (Å²) in [6.07, 6.45) is 6.90. The number of hydrogen-bond donors (Lipinski definition) is 2. The van der Waals surface area contributed by atoms with Gasteiger partial charge in [-0.3, -0.25) is 5.84 Å². The first-order chi connectivity index (χ1) is 10.3. The van der Waals surface area contributed by atoms with Gasteiger partial charge in [0.2, 0.25) is 0 Å². The third-order valence-corrected chi connectivity index (χ3v) is 4.78. The van der Waals surface area contributed by atoms with Crippen molar-refractivity contribution in [2.45, 2.75) is 50.2 Å². The highest BCUT2D eigenvalue weighted by Crippen LogP contribution is 2.41. The van der Waals surface area contributed by atoms with Crippen molar-refractivity contribution in [2.24, 2.45) is 5.84 Å². The molecule has 3 rings (SSSR count). The average molecular weight is 288 g/mol. The summed E-state index contributed by atoms with van der Waals surface area (Å²) in [5.41, 5.74) is 3.57. The Morgan fingerprint density at radius 2 is 1.90 bits per heavy atom. The molecule has 0 aliphatic heterocycles. The van der Waals surface area contributed by atoms with E-state index < -0.39 is 0 Å². The highest BCUT2D eigenvalue weighted by Gasteiger charge is 2.41. The predicted octanol–water partition coefficient (Wildman–Crippen LogP) is 3.68. The maximum atomic E-state index is 6.02. The number of benzene rings is 1. The van der Waals surface area contributed by atoms with Crippen LogP contribution in [0.5, 0.6) is 0 Å². The minimum absolute atomic E-state index is 0.118. The fourth-order valence-corrected chi connectivity index (χ4v) is 3.58. The third-order valence-electron chi connectivity index (χ3n) is 4.78. The van der Waals surface area contributed by atoms with Gasteiger partial charge >= 0.3 is 0 Å². The van der Waals surface area contributed by atoms with E-state index in [-0.39, 0.29) is 11.6 Å². The number of nitrogens with two attached hydrogens (primary N) is 1. The molecule has 1 aliphatic rings. The smallest absolute Gasteiger partial charge is 0.134 e. The molecule has 2 aromatic rings. The molecule has 1 saturated carbocycles. The van der Waals surface area contributed by atoms with Crippen molar-refractivity contribution in [1.29, 1.82) is 0 Å². The van der Waals surface area contributed by atoms with Crippen LogP contribution in [0.1, 0.15) is 50.3 Å². The van der Waals surface area contributed by atoms with Crippen molar-refractivity contribution in [2.75, 3.05) is 7.11 Å². The van der Waals surface area contributed by atoms with Gasteiger partial charge in [-0.15, -0.1) is 0 Å². The summed E-state index contributed by atoms with van der Waals surface area (Å²) < 4.78 is 12.0. The Balaban J connectivity index is 1.98. The molecule has 3 N–H and O–H groups in total. The third kappa shape index (κ3) is 2.71. The quantitative estimate of drug-likeness (QED) is 0.512. The maximum absolute atomic E-state index is 6.02. The number of ether oxygens (including phenoxy) is 1. The molecule has 0 radical (unpaired) electrons. The Morgan fingerprint density at radius 3 is 2.52 bits per heavy atom. The summed E-state index contributed by atoms with van der Waals surface area (Å²) in [6.45, 7) is 0. The predicted molar refractivity (Wildman–Crippen MR) is 83.7 cm³/mol. The fraction of sp³-hybridized carbons (Fsp3) is 0.529. The number of para-hydroxylation sites is 1. The Morgan fingerprint density at radius 1 is 1.19 bits per heavy atom. The number of fused-ring (bicyclic) bond motifs is 1. The second-order valence-corrected chi connectivity index (χ2v) is 5.97. The highest BCUT2D eigenvalue weighted by atomic mass is 16.5. The number of furan rings is 1. The van der Waals surface area contributed by atoms with Gasteiger partial charge in [0, 0.05) is 12.5 Å². The van der Waals surface area contributed by atoms with Crippen molar-refractivity contribution >= 4 is 11.0 Å². The maximum Gasteiger partial charge on any atom is 0.134 e. The van der Waals surface area contributed by atoms with E-state index in [1.165, 1.54) is 25.7 Å². The molecule has 1 aromatic heterocycles. The second kappa shape index (κ2) is 6.18. The van der Waals surface area contributed by atoms with E-state index in [4.69, 9.17) is 15.0 Å². The highest BCUT2D eigenvalue weighted by molar-refractivity contribution is 5.77. The zero-order valence-corrected chi connectivity index (χ0v) is 12.6. The first kappa shape index (κ1) is 14.6. The molecule has 1 unspecified atom stereocenters. The standard InChI is InChI=1S/C17H24N2O2/c1-20-17(10-6-2-3-7-11-17)16(19-18)15-12-13-8-4-5-9-14(13)21-15/h4-5,8-9,12,16,19H,2-3,6-7,10-11,18H2,1H3. The van der Waals surface area contributed by atoms with E-state index in [1.54, 1.807) is 7.11 Å². The number of hydrazine groups is 1. The van der Waals surface area contributed by atoms with E-state index in [9.17, 15) is 0 Å². The summed E-state index contributed by atoms with van der Waals surface area (Å²) in [6, 6.07) is 10.0. The lowest BCUT2D eigenvalue weighted by Gasteiger charge is -2.37. The SMILES string of the molecule is COC1(C(NN)c2cc3ccccc3o2)CCCCCC1. The van der Waals surface area contributed by atoms with Gasteiger partial charge in [-0.05, 0) is 25.0 Å². The number of rotatable bonds is 4. The van der Waals surface area contributed by atoms with Crippen LogP contribution in [0.15, 0.2) is 34.7 Å². The molecule has 0 bridgehead atoms. The Hall–Kier alpha value is -1.36. The summed E-state index contributed by atoms with van der Waals surface area (Å²) in [4.78, 5) is 0. The summed E-state index contributed by atoms with van der Waals surface area (Å²) in [5.74, 6) is 6.74. The Labute approximate surface area is 125 Å². The Kier molecular flexibility index (Phi) is 4.29. The fourth-order valence-electron chi connectivity index (χ4n) is 3.58. The lowest BCUT2D eigenvalue weighted by molar-refractivity contribution is -0.0587. The van der Waals surface area contributed by atoms with Gasteiger partial charge in [0.05, 0.1) is 5.60 Å². The van der Waals surface area contributed by atoms with Crippen LogP contribution in [0.3, 0.4) is 0 Å². The topological polar surface area (TPSA) is 60.4 Å². The van der Waals surface area contributed by atoms with E-state index in [2.05, 4.69) is 17.6 Å². The molecular weight excluding hydrogens is 264 g/mol. The first-order valence-corrected chi connectivity index (χ1v) is 7.79. The van der Waals surface area contributed by atoms with Gasteiger partial charge in [0.15, 0.2) is 0 Å². The van der Waals surface area contributed by atoms with Gasteiger partial charge in [0.1, 0.15) is 17.4 Å². The van der Waals surface area contributed by atoms with Gasteiger partial charge in [-0.25, -0.2) is 5.43 Å². The van der Waals surface area contributed by atoms with Crippen molar-refractivity contribution in [3.05, 3.63) is 36.1 Å². The Bertz CT molecular complexity index is 552. The minimum atomic E-state index is -0.279. The normalized spacial score (nSPS) is 20.3. The average Bonchev–Trinajstić information content (AvgIpc) is 2.78. The molecule has 4 heteroatoms. The van der Waals surface area contributed by atoms with Gasteiger partial charge in [-0.2, -0.15) is 0 Å². The second-order valence-electron chi connectivity index (χ2n) is 5.97. The molecule has 1 heterocycles. The van der Waals surface area contributed by atoms with Gasteiger partial charge in [-0.1, -0.05) is 43.9 Å². The van der Waals surface area contributed by atoms with Crippen LogP contribution in [0.25, 0.3) is 11.0 Å². The lowest BCUT2D eigenvalue weighted by atomic mass is 9.85. The van der Waals surface area contributed by atoms with Crippen LogP contribution in [-0.2, 0) is 4.74 Å². The molecule has 21 heavy (non-hydrogen) atoms.